The van der Waals surface area contributed by atoms with Crippen molar-refractivity contribution in [3.05, 3.63) is 0 Å². The Kier molecular flexibility index (Phi) is 2.05. The summed E-state index contributed by atoms with van der Waals surface area (Å²) in [4.78, 5) is 11.5. The Morgan fingerprint density at radius 2 is 2.00 bits per heavy atom. The molecule has 0 bridgehead atoms. The third-order valence-corrected chi connectivity index (χ3v) is 6.48. The molecule has 0 saturated carbocycles. The van der Waals surface area contributed by atoms with E-state index in [1.54, 1.807) is 0 Å². The van der Waals surface area contributed by atoms with Crippen LogP contribution in [0.15, 0.2) is 0 Å². The highest BCUT2D eigenvalue weighted by Gasteiger charge is 2.42. The maximum Gasteiger partial charge on any atom is 0.184 e. The first-order chi connectivity index (χ1) is 4.88. The van der Waals surface area contributed by atoms with Crippen molar-refractivity contribution >= 4 is 15.3 Å². The molecule has 1 unspecified atom stereocenters. The first-order valence-corrected chi connectivity index (χ1v) is 5.86. The highest BCUT2D eigenvalue weighted by atomic mass is 32.3. The SMILES string of the molecule is CC(C)(C)S1(N)CCCC1=O. The van der Waals surface area contributed by atoms with E-state index in [2.05, 4.69) is 20.8 Å². The Balaban J connectivity index is 2.90. The van der Waals surface area contributed by atoms with Crippen LogP contribution in [0.4, 0.5) is 0 Å². The number of hydrogen-bond acceptors (Lipinski definition) is 2. The summed E-state index contributed by atoms with van der Waals surface area (Å²) in [6.07, 6.45) is 1.71. The molecule has 0 aromatic carbocycles. The molecule has 2 nitrogen and oxygen atoms in total. The van der Waals surface area contributed by atoms with Gasteiger partial charge in [-0.1, -0.05) is 20.8 Å². The number of carbonyl (C=O) groups is 1. The molecule has 0 aromatic heterocycles. The Morgan fingerprint density at radius 3 is 2.18 bits per heavy atom. The fraction of sp³-hybridized carbons (Fsp3) is 0.875. The average Bonchev–Trinajstić information content (AvgIpc) is 2.12. The number of carbonyl (C=O) groups excluding carboxylic acids is 1. The Hall–Kier alpha value is -0.0200. The van der Waals surface area contributed by atoms with Gasteiger partial charge in [-0.3, -0.25) is 9.93 Å². The molecule has 1 atom stereocenters. The standard InChI is InChI=1S/C8H17NOS/c1-8(2,3)11(9)6-4-5-7(11)10/h4-6,9H2,1-3H3. The first-order valence-electron chi connectivity index (χ1n) is 3.99. The van der Waals surface area contributed by atoms with E-state index in [9.17, 15) is 4.79 Å². The zero-order chi connectivity index (χ0) is 8.70. The van der Waals surface area contributed by atoms with Gasteiger partial charge in [-0.15, -0.1) is 10.2 Å². The lowest BCUT2D eigenvalue weighted by Crippen LogP contribution is -2.35. The van der Waals surface area contributed by atoms with Gasteiger partial charge in [0, 0.05) is 11.2 Å². The van der Waals surface area contributed by atoms with E-state index in [1.807, 2.05) is 0 Å². The van der Waals surface area contributed by atoms with Crippen molar-refractivity contribution in [3.63, 3.8) is 0 Å². The van der Waals surface area contributed by atoms with Crippen LogP contribution in [0.1, 0.15) is 33.6 Å². The van der Waals surface area contributed by atoms with Crippen molar-refractivity contribution in [2.45, 2.75) is 38.4 Å². The van der Waals surface area contributed by atoms with Crippen molar-refractivity contribution < 1.29 is 4.79 Å². The minimum atomic E-state index is -1.44. The molecule has 2 N–H and O–H groups in total. The summed E-state index contributed by atoms with van der Waals surface area (Å²) in [5.41, 5.74) is 0. The van der Waals surface area contributed by atoms with Crippen molar-refractivity contribution in [2.75, 3.05) is 5.75 Å². The lowest BCUT2D eigenvalue weighted by atomic mass is 10.3. The van der Waals surface area contributed by atoms with Gasteiger partial charge in [0.1, 0.15) is 0 Å². The molecule has 1 rings (SSSR count). The molecule has 0 spiro atoms. The largest absolute Gasteiger partial charge is 0.288 e. The first kappa shape index (κ1) is 9.07. The molecule has 0 aliphatic carbocycles. The number of hydrogen-bond donors (Lipinski definition) is 1. The van der Waals surface area contributed by atoms with Crippen molar-refractivity contribution in [1.29, 1.82) is 0 Å². The van der Waals surface area contributed by atoms with E-state index in [0.717, 1.165) is 12.2 Å². The quantitative estimate of drug-likeness (QED) is 0.610. The van der Waals surface area contributed by atoms with E-state index < -0.39 is 10.2 Å². The number of rotatable bonds is 0. The molecule has 1 heterocycles. The van der Waals surface area contributed by atoms with Gasteiger partial charge in [-0.2, -0.15) is 0 Å². The highest BCUT2D eigenvalue weighted by molar-refractivity contribution is 8.44. The minimum absolute atomic E-state index is 0.000579. The van der Waals surface area contributed by atoms with E-state index >= 15 is 0 Å². The normalized spacial score (nSPS) is 38.7. The molecule has 1 fully saturated rings. The van der Waals surface area contributed by atoms with Gasteiger partial charge in [-0.05, 0) is 12.2 Å². The van der Waals surface area contributed by atoms with Crippen LogP contribution >= 0.6 is 10.2 Å². The van der Waals surface area contributed by atoms with Gasteiger partial charge < -0.3 is 0 Å². The lowest BCUT2D eigenvalue weighted by molar-refractivity contribution is -0.111. The maximum atomic E-state index is 11.5. The molecule has 0 amide bonds. The van der Waals surface area contributed by atoms with Crippen LogP contribution in [0.5, 0.6) is 0 Å². The lowest BCUT2D eigenvalue weighted by Gasteiger charge is -2.41. The Bertz CT molecular complexity index is 185. The van der Waals surface area contributed by atoms with Crippen LogP contribution in [0, 0.1) is 0 Å². The molecular weight excluding hydrogens is 158 g/mol. The molecule has 3 heteroatoms. The minimum Gasteiger partial charge on any atom is -0.288 e. The molecule has 0 radical (unpaired) electrons. The maximum absolute atomic E-state index is 11.5. The zero-order valence-corrected chi connectivity index (χ0v) is 8.33. The molecule has 0 aromatic rings. The molecular formula is C8H17NOS. The average molecular weight is 175 g/mol. The van der Waals surface area contributed by atoms with E-state index in [4.69, 9.17) is 5.14 Å². The number of nitrogens with two attached hydrogens (primary N) is 1. The van der Waals surface area contributed by atoms with Gasteiger partial charge in [0.25, 0.3) is 0 Å². The van der Waals surface area contributed by atoms with Gasteiger partial charge in [0.15, 0.2) is 5.12 Å². The van der Waals surface area contributed by atoms with Crippen LogP contribution in [-0.4, -0.2) is 15.6 Å². The fourth-order valence-electron chi connectivity index (χ4n) is 1.39. The van der Waals surface area contributed by atoms with Crippen LogP contribution < -0.4 is 5.14 Å². The summed E-state index contributed by atoms with van der Waals surface area (Å²) in [7, 11) is -1.44. The van der Waals surface area contributed by atoms with Gasteiger partial charge >= 0.3 is 0 Å². The van der Waals surface area contributed by atoms with E-state index in [-0.39, 0.29) is 4.75 Å². The second kappa shape index (κ2) is 2.49. The molecule has 1 aliphatic rings. The molecule has 11 heavy (non-hydrogen) atoms. The second-order valence-electron chi connectivity index (χ2n) is 4.09. The monoisotopic (exact) mass is 175 g/mol. The van der Waals surface area contributed by atoms with E-state index in [0.29, 0.717) is 11.5 Å². The van der Waals surface area contributed by atoms with Crippen LogP contribution in [-0.2, 0) is 4.79 Å². The molecule has 66 valence electrons. The van der Waals surface area contributed by atoms with Crippen molar-refractivity contribution in [1.82, 2.24) is 0 Å². The Morgan fingerprint density at radius 1 is 1.45 bits per heavy atom. The highest BCUT2D eigenvalue weighted by Crippen LogP contribution is 2.57. The molecule has 1 saturated heterocycles. The summed E-state index contributed by atoms with van der Waals surface area (Å²) >= 11 is 0. The van der Waals surface area contributed by atoms with Gasteiger partial charge in [-0.25, -0.2) is 0 Å². The topological polar surface area (TPSA) is 43.1 Å². The zero-order valence-electron chi connectivity index (χ0n) is 7.52. The van der Waals surface area contributed by atoms with E-state index in [1.165, 1.54) is 0 Å². The third-order valence-electron chi connectivity index (χ3n) is 2.35. The van der Waals surface area contributed by atoms with Gasteiger partial charge in [0.2, 0.25) is 0 Å². The fourth-order valence-corrected chi connectivity index (χ4v) is 4.02. The predicted molar refractivity (Wildman–Crippen MR) is 50.6 cm³/mol. The summed E-state index contributed by atoms with van der Waals surface area (Å²) in [5.74, 6) is 0.940. The van der Waals surface area contributed by atoms with Crippen LogP contribution in [0.3, 0.4) is 0 Å². The predicted octanol–water partition coefficient (Wildman–Crippen LogP) is 1.78. The summed E-state index contributed by atoms with van der Waals surface area (Å²) in [6, 6.07) is 0. The Labute approximate surface area is 70.0 Å². The summed E-state index contributed by atoms with van der Waals surface area (Å²) in [5, 5.41) is 6.44. The van der Waals surface area contributed by atoms with Gasteiger partial charge in [0.05, 0.1) is 0 Å². The van der Waals surface area contributed by atoms with Crippen LogP contribution in [0.2, 0.25) is 0 Å². The summed E-state index contributed by atoms with van der Waals surface area (Å²) in [6.45, 7) is 6.22. The smallest absolute Gasteiger partial charge is 0.184 e. The van der Waals surface area contributed by atoms with Crippen molar-refractivity contribution in [2.24, 2.45) is 5.14 Å². The van der Waals surface area contributed by atoms with Crippen LogP contribution in [0.25, 0.3) is 0 Å². The summed E-state index contributed by atoms with van der Waals surface area (Å²) < 4.78 is 0.000579. The second-order valence-corrected chi connectivity index (χ2v) is 7.76. The van der Waals surface area contributed by atoms with Crippen molar-refractivity contribution in [3.8, 4) is 0 Å². The molecule has 1 aliphatic heterocycles. The third kappa shape index (κ3) is 1.32.